The van der Waals surface area contributed by atoms with Crippen molar-refractivity contribution in [2.45, 2.75) is 31.1 Å². The lowest BCUT2D eigenvalue weighted by atomic mass is 10.1. The molecule has 40 heavy (non-hydrogen) atoms. The van der Waals surface area contributed by atoms with Crippen LogP contribution < -0.4 is 0 Å². The van der Waals surface area contributed by atoms with E-state index in [9.17, 15) is 52.7 Å². The number of nitrogens with zero attached hydrogens (tertiary/aromatic N) is 2. The van der Waals surface area contributed by atoms with E-state index in [-0.39, 0.29) is 28.4 Å². The third kappa shape index (κ3) is 8.23. The van der Waals surface area contributed by atoms with Gasteiger partial charge in [0.2, 0.25) is 0 Å². The molecular formula is C25H13ClF12N2. The van der Waals surface area contributed by atoms with E-state index in [4.69, 9.17) is 11.6 Å². The fourth-order valence-electron chi connectivity index (χ4n) is 3.28. The van der Waals surface area contributed by atoms with Gasteiger partial charge in [0.15, 0.2) is 0 Å². The molecule has 0 saturated heterocycles. The Bertz CT molecular complexity index is 1350. The maximum atomic E-state index is 13.3. The van der Waals surface area contributed by atoms with E-state index >= 15 is 0 Å². The number of aliphatic imine (C=N–C) groups is 2. The van der Waals surface area contributed by atoms with Crippen LogP contribution in [0.1, 0.15) is 34.2 Å². The third-order valence-electron chi connectivity index (χ3n) is 5.11. The van der Waals surface area contributed by atoms with Crippen LogP contribution in [-0.2, 0) is 24.7 Å². The van der Waals surface area contributed by atoms with Crippen LogP contribution in [0.15, 0.2) is 70.6 Å². The van der Waals surface area contributed by atoms with Gasteiger partial charge in [0.05, 0.1) is 39.3 Å². The maximum absolute atomic E-state index is 13.3. The number of hydrogen-bond donors (Lipinski definition) is 0. The van der Waals surface area contributed by atoms with Crippen LogP contribution in [0, 0.1) is 0 Å². The molecular weight excluding hydrogens is 592 g/mol. The van der Waals surface area contributed by atoms with Gasteiger partial charge in [-0.3, -0.25) is 9.98 Å². The molecule has 0 atom stereocenters. The molecule has 0 amide bonds. The van der Waals surface area contributed by atoms with Crippen molar-refractivity contribution < 1.29 is 52.7 Å². The highest BCUT2D eigenvalue weighted by Gasteiger charge is 2.38. The highest BCUT2D eigenvalue weighted by Crippen LogP contribution is 2.40. The van der Waals surface area contributed by atoms with Crippen molar-refractivity contribution in [3.05, 3.63) is 93.5 Å². The maximum Gasteiger partial charge on any atom is 0.416 e. The predicted molar refractivity (Wildman–Crippen MR) is 123 cm³/mol. The Morgan fingerprint density at radius 3 is 1.32 bits per heavy atom. The summed E-state index contributed by atoms with van der Waals surface area (Å²) >= 11 is 5.81. The van der Waals surface area contributed by atoms with Crippen molar-refractivity contribution >= 4 is 34.9 Å². The Morgan fingerprint density at radius 2 is 0.950 bits per heavy atom. The first kappa shape index (κ1) is 31.0. The largest absolute Gasteiger partial charge is 0.416 e. The number of hydrogen-bond acceptors (Lipinski definition) is 2. The van der Waals surface area contributed by atoms with Crippen molar-refractivity contribution in [2.24, 2.45) is 9.98 Å². The van der Waals surface area contributed by atoms with E-state index in [0.717, 1.165) is 6.21 Å². The van der Waals surface area contributed by atoms with Gasteiger partial charge in [0.25, 0.3) is 0 Å². The number of rotatable bonds is 5. The van der Waals surface area contributed by atoms with Gasteiger partial charge in [0, 0.05) is 17.7 Å². The molecule has 3 rings (SSSR count). The average Bonchev–Trinajstić information content (AvgIpc) is 2.81. The zero-order chi connectivity index (χ0) is 30.1. The lowest BCUT2D eigenvalue weighted by molar-refractivity contribution is -0.144. The summed E-state index contributed by atoms with van der Waals surface area (Å²) in [5, 5.41) is 0.207. The summed E-state index contributed by atoms with van der Waals surface area (Å²) in [5.41, 5.74) is -8.16. The Kier molecular flexibility index (Phi) is 8.63. The first-order valence-electron chi connectivity index (χ1n) is 10.7. The Hall–Kier alpha value is -3.55. The summed E-state index contributed by atoms with van der Waals surface area (Å²) in [5.74, 6) is 0. The topological polar surface area (TPSA) is 24.7 Å². The second-order valence-electron chi connectivity index (χ2n) is 8.11. The molecule has 214 valence electrons. The Labute approximate surface area is 222 Å². The molecule has 0 heterocycles. The lowest BCUT2D eigenvalue weighted by Gasteiger charge is -2.13. The summed E-state index contributed by atoms with van der Waals surface area (Å²) in [6.45, 7) is 0. The molecule has 0 unspecified atom stereocenters. The molecule has 0 aliphatic carbocycles. The molecule has 3 aromatic carbocycles. The van der Waals surface area contributed by atoms with Crippen LogP contribution in [0.25, 0.3) is 0 Å². The zero-order valence-corrected chi connectivity index (χ0v) is 20.1. The minimum Gasteiger partial charge on any atom is -0.261 e. The van der Waals surface area contributed by atoms with Gasteiger partial charge in [-0.15, -0.1) is 0 Å². The van der Waals surface area contributed by atoms with Crippen molar-refractivity contribution in [1.29, 1.82) is 0 Å². The van der Waals surface area contributed by atoms with Gasteiger partial charge in [-0.1, -0.05) is 23.7 Å². The smallest absolute Gasteiger partial charge is 0.261 e. The second-order valence-corrected chi connectivity index (χ2v) is 8.55. The first-order chi connectivity index (χ1) is 18.2. The summed E-state index contributed by atoms with van der Waals surface area (Å²) in [7, 11) is 0. The molecule has 0 aliphatic heterocycles. The van der Waals surface area contributed by atoms with Gasteiger partial charge in [-0.05, 0) is 54.1 Å². The SMILES string of the molecule is FC(F)(F)c1cc(N=CCC(=Nc2cc(C(F)(F)F)cc(C(F)(F)F)c2)c2ccc(Cl)cc2)cc(C(F)(F)F)c1. The number of alkyl halides is 12. The molecule has 15 heteroatoms. The minimum atomic E-state index is -5.16. The van der Waals surface area contributed by atoms with Crippen LogP contribution in [0.4, 0.5) is 64.1 Å². The summed E-state index contributed by atoms with van der Waals surface area (Å²) < 4.78 is 158. The number of benzene rings is 3. The average molecular weight is 605 g/mol. The van der Waals surface area contributed by atoms with E-state index in [1.807, 2.05) is 0 Å². The molecule has 0 bridgehead atoms. The standard InChI is InChI=1S/C25H13ClF12N2/c26-18-3-1-13(2-4-18)21(40-20-11-16(24(33,34)35)8-17(12-20)25(36,37)38)5-6-39-19-9-14(22(27,28)29)7-15(10-19)23(30,31)32/h1-4,6-12H,5H2. The fourth-order valence-corrected chi connectivity index (χ4v) is 3.41. The van der Waals surface area contributed by atoms with E-state index < -0.39 is 64.8 Å². The quantitative estimate of drug-likeness (QED) is 0.204. The van der Waals surface area contributed by atoms with Crippen LogP contribution in [0.5, 0.6) is 0 Å². The summed E-state index contributed by atoms with van der Waals surface area (Å²) in [6.07, 6.45) is -20.3. The molecule has 0 N–H and O–H groups in total. The van der Waals surface area contributed by atoms with E-state index in [1.165, 1.54) is 24.3 Å². The van der Waals surface area contributed by atoms with Crippen molar-refractivity contribution in [3.8, 4) is 0 Å². The molecule has 3 aromatic rings. The van der Waals surface area contributed by atoms with E-state index in [0.29, 0.717) is 24.3 Å². The van der Waals surface area contributed by atoms with Crippen LogP contribution in [0.3, 0.4) is 0 Å². The van der Waals surface area contributed by atoms with Gasteiger partial charge in [-0.2, -0.15) is 52.7 Å². The molecule has 2 nitrogen and oxygen atoms in total. The van der Waals surface area contributed by atoms with Crippen LogP contribution >= 0.6 is 11.6 Å². The van der Waals surface area contributed by atoms with Gasteiger partial charge in [-0.25, -0.2) is 0 Å². The van der Waals surface area contributed by atoms with Crippen LogP contribution in [0.2, 0.25) is 5.02 Å². The highest BCUT2D eigenvalue weighted by atomic mass is 35.5. The molecule has 0 aliphatic rings. The predicted octanol–water partition coefficient (Wildman–Crippen LogP) is 10.3. The van der Waals surface area contributed by atoms with Gasteiger partial charge >= 0.3 is 24.7 Å². The van der Waals surface area contributed by atoms with Gasteiger partial charge < -0.3 is 0 Å². The highest BCUT2D eigenvalue weighted by molar-refractivity contribution is 6.30. The van der Waals surface area contributed by atoms with Crippen molar-refractivity contribution in [3.63, 3.8) is 0 Å². The summed E-state index contributed by atoms with van der Waals surface area (Å²) in [4.78, 5) is 7.47. The summed E-state index contributed by atoms with van der Waals surface area (Å²) in [6, 6.07) is 6.42. The first-order valence-corrected chi connectivity index (χ1v) is 11.1. The second kappa shape index (κ2) is 11.1. The van der Waals surface area contributed by atoms with Gasteiger partial charge in [0.1, 0.15) is 0 Å². The third-order valence-corrected chi connectivity index (χ3v) is 5.36. The number of halogens is 13. The zero-order valence-electron chi connectivity index (χ0n) is 19.4. The molecule has 0 fully saturated rings. The minimum absolute atomic E-state index is 0.103. The monoisotopic (exact) mass is 604 g/mol. The van der Waals surface area contributed by atoms with E-state index in [1.54, 1.807) is 0 Å². The van der Waals surface area contributed by atoms with E-state index in [2.05, 4.69) is 9.98 Å². The molecule has 0 radical (unpaired) electrons. The molecule has 0 saturated carbocycles. The van der Waals surface area contributed by atoms with Crippen molar-refractivity contribution in [2.75, 3.05) is 0 Å². The molecule has 0 aromatic heterocycles. The Balaban J connectivity index is 2.10. The normalized spacial score (nSPS) is 13.8. The van der Waals surface area contributed by atoms with Crippen molar-refractivity contribution in [1.82, 2.24) is 0 Å². The Morgan fingerprint density at radius 1 is 0.575 bits per heavy atom. The fraction of sp³-hybridized carbons (Fsp3) is 0.200. The molecule has 0 spiro atoms. The lowest BCUT2D eigenvalue weighted by Crippen LogP contribution is -2.10. The van der Waals surface area contributed by atoms with Crippen LogP contribution in [-0.4, -0.2) is 11.9 Å².